The summed E-state index contributed by atoms with van der Waals surface area (Å²) in [6, 6.07) is 15.7. The number of hydrogen-bond acceptors (Lipinski definition) is 5. The van der Waals surface area contributed by atoms with Gasteiger partial charge in [-0.15, -0.1) is 0 Å². The Morgan fingerprint density at radius 1 is 1.00 bits per heavy atom. The van der Waals surface area contributed by atoms with Crippen molar-refractivity contribution in [2.24, 2.45) is 7.05 Å². The molecule has 2 amide bonds. The highest BCUT2D eigenvalue weighted by atomic mass is 35.5. The van der Waals surface area contributed by atoms with E-state index in [1.165, 1.54) is 21.8 Å². The molecule has 0 saturated carbocycles. The summed E-state index contributed by atoms with van der Waals surface area (Å²) in [5.41, 5.74) is 2.75. The van der Waals surface area contributed by atoms with E-state index in [1.807, 2.05) is 48.5 Å². The van der Waals surface area contributed by atoms with Crippen molar-refractivity contribution in [1.29, 1.82) is 0 Å². The van der Waals surface area contributed by atoms with Crippen molar-refractivity contribution in [3.05, 3.63) is 87.9 Å². The number of carbonyl (C=O) groups excluding carboxylic acids is 2. The fraction of sp³-hybridized carbons (Fsp3) is 0.192. The molecule has 0 aliphatic heterocycles. The predicted molar refractivity (Wildman–Crippen MR) is 138 cm³/mol. The van der Waals surface area contributed by atoms with E-state index in [2.05, 4.69) is 15.5 Å². The Kier molecular flexibility index (Phi) is 7.03. The molecule has 0 spiro atoms. The lowest BCUT2D eigenvalue weighted by Gasteiger charge is -2.18. The van der Waals surface area contributed by atoms with E-state index in [0.29, 0.717) is 22.0 Å². The minimum Gasteiger partial charge on any atom is -0.347 e. The maximum Gasteiger partial charge on any atom is 0.284 e. The fourth-order valence-electron chi connectivity index (χ4n) is 3.69. The van der Waals surface area contributed by atoms with Gasteiger partial charge in [-0.2, -0.15) is 14.9 Å². The van der Waals surface area contributed by atoms with E-state index >= 15 is 0 Å². The Morgan fingerprint density at radius 3 is 2.14 bits per heavy atom. The highest BCUT2D eigenvalue weighted by Crippen LogP contribution is 2.25. The maximum atomic E-state index is 13.3. The zero-order valence-electron chi connectivity index (χ0n) is 20.3. The smallest absolute Gasteiger partial charge is 0.284 e. The van der Waals surface area contributed by atoms with Crippen LogP contribution in [-0.2, 0) is 11.8 Å². The summed E-state index contributed by atoms with van der Waals surface area (Å²) in [6.45, 7) is 1.57. The molecule has 0 radical (unpaired) electrons. The lowest BCUT2D eigenvalue weighted by Crippen LogP contribution is -2.45. The van der Waals surface area contributed by atoms with E-state index in [-0.39, 0.29) is 11.5 Å². The van der Waals surface area contributed by atoms with Crippen molar-refractivity contribution in [3.63, 3.8) is 0 Å². The van der Waals surface area contributed by atoms with Crippen LogP contribution in [0.4, 0.5) is 0 Å². The molecule has 36 heavy (non-hydrogen) atoms. The van der Waals surface area contributed by atoms with E-state index in [1.54, 1.807) is 34.3 Å². The lowest BCUT2D eigenvalue weighted by molar-refractivity contribution is -0.130. The molecule has 0 saturated heterocycles. The van der Waals surface area contributed by atoms with Crippen molar-refractivity contribution in [2.45, 2.75) is 13.0 Å². The number of benzene rings is 2. The van der Waals surface area contributed by atoms with Crippen LogP contribution in [0.15, 0.2) is 71.8 Å². The van der Waals surface area contributed by atoms with Gasteiger partial charge in [0.2, 0.25) is 5.91 Å². The summed E-state index contributed by atoms with van der Waals surface area (Å²) in [5, 5.41) is 11.9. The molecule has 2 aromatic heterocycles. The molecule has 4 rings (SSSR count). The second kappa shape index (κ2) is 10.2. The van der Waals surface area contributed by atoms with Gasteiger partial charge in [-0.3, -0.25) is 19.1 Å². The van der Waals surface area contributed by atoms with E-state index in [0.717, 1.165) is 15.8 Å². The van der Waals surface area contributed by atoms with Crippen molar-refractivity contribution in [3.8, 4) is 28.1 Å². The molecule has 4 aromatic rings. The van der Waals surface area contributed by atoms with Crippen LogP contribution in [-0.4, -0.2) is 56.4 Å². The Morgan fingerprint density at radius 2 is 1.58 bits per heavy atom. The summed E-state index contributed by atoms with van der Waals surface area (Å²) >= 11 is 5.99. The minimum absolute atomic E-state index is 0.135. The third-order valence-electron chi connectivity index (χ3n) is 5.61. The zero-order chi connectivity index (χ0) is 26.0. The summed E-state index contributed by atoms with van der Waals surface area (Å²) in [4.78, 5) is 40.0. The molecule has 9 nitrogen and oxygen atoms in total. The molecule has 1 atom stereocenters. The van der Waals surface area contributed by atoms with Gasteiger partial charge in [-0.1, -0.05) is 48.0 Å². The van der Waals surface area contributed by atoms with Crippen LogP contribution < -0.4 is 10.9 Å². The highest BCUT2D eigenvalue weighted by Gasteiger charge is 2.22. The van der Waals surface area contributed by atoms with Gasteiger partial charge in [0.1, 0.15) is 17.3 Å². The lowest BCUT2D eigenvalue weighted by atomic mass is 10.0. The highest BCUT2D eigenvalue weighted by molar-refractivity contribution is 6.30. The number of amides is 2. The molecule has 0 unspecified atom stereocenters. The van der Waals surface area contributed by atoms with Gasteiger partial charge >= 0.3 is 0 Å². The average molecular weight is 505 g/mol. The van der Waals surface area contributed by atoms with E-state index in [9.17, 15) is 14.4 Å². The second-order valence-electron chi connectivity index (χ2n) is 8.54. The molecule has 0 aliphatic carbocycles. The first-order valence-corrected chi connectivity index (χ1v) is 11.5. The molecule has 2 heterocycles. The van der Waals surface area contributed by atoms with Crippen molar-refractivity contribution in [2.75, 3.05) is 14.1 Å². The number of rotatable bonds is 6. The van der Waals surface area contributed by atoms with Crippen LogP contribution >= 0.6 is 11.6 Å². The topological polar surface area (TPSA) is 102 Å². The fourth-order valence-corrected chi connectivity index (χ4v) is 3.82. The molecule has 10 heteroatoms. The van der Waals surface area contributed by atoms with Crippen LogP contribution in [0.1, 0.15) is 17.3 Å². The van der Waals surface area contributed by atoms with Gasteiger partial charge in [0.05, 0.1) is 18.1 Å². The first kappa shape index (κ1) is 24.9. The van der Waals surface area contributed by atoms with Crippen molar-refractivity contribution < 1.29 is 9.59 Å². The number of nitrogens with one attached hydrogen (secondary N) is 1. The molecule has 1 N–H and O–H groups in total. The molecule has 0 aliphatic rings. The largest absolute Gasteiger partial charge is 0.347 e. The molecule has 2 aromatic carbocycles. The van der Waals surface area contributed by atoms with Crippen LogP contribution in [0.3, 0.4) is 0 Å². The molecular formula is C26H25ClN6O3. The van der Waals surface area contributed by atoms with Gasteiger partial charge in [-0.05, 0) is 36.2 Å². The molecule has 0 bridgehead atoms. The van der Waals surface area contributed by atoms with Crippen LogP contribution in [0.2, 0.25) is 5.02 Å². The zero-order valence-corrected chi connectivity index (χ0v) is 21.0. The van der Waals surface area contributed by atoms with Crippen molar-refractivity contribution >= 4 is 23.4 Å². The monoisotopic (exact) mass is 504 g/mol. The van der Waals surface area contributed by atoms with Crippen LogP contribution in [0.5, 0.6) is 0 Å². The molecule has 184 valence electrons. The van der Waals surface area contributed by atoms with E-state index in [4.69, 9.17) is 11.6 Å². The number of aromatic nitrogens is 4. The Hall–Kier alpha value is -4.24. The summed E-state index contributed by atoms with van der Waals surface area (Å²) < 4.78 is 2.68. The summed E-state index contributed by atoms with van der Waals surface area (Å²) in [6.07, 6.45) is 3.11. The van der Waals surface area contributed by atoms with E-state index < -0.39 is 17.5 Å². The number of carbonyl (C=O) groups is 2. The molecule has 0 fully saturated rings. The Bertz CT molecular complexity index is 1470. The summed E-state index contributed by atoms with van der Waals surface area (Å²) in [5.74, 6) is -0.954. The van der Waals surface area contributed by atoms with Crippen molar-refractivity contribution in [1.82, 2.24) is 29.8 Å². The maximum absolute atomic E-state index is 13.3. The third-order valence-corrected chi connectivity index (χ3v) is 5.86. The minimum atomic E-state index is -0.811. The number of aryl methyl sites for hydroxylation is 1. The third kappa shape index (κ3) is 5.21. The SMILES string of the molecule is C[C@H](NC(=O)c1cc(-c2ccc(-c3ccc(Cl)cc3)cc2)nn(-c2cnn(C)c2)c1=O)C(=O)N(C)C. The van der Waals surface area contributed by atoms with Gasteiger partial charge < -0.3 is 10.2 Å². The Labute approximate surface area is 212 Å². The standard InChI is InChI=1S/C26H25ClN6O3/c1-16(25(35)31(2)3)29-24(34)22-13-23(30-33(26(22)36)21-14-28-32(4)15-21)19-7-5-17(6-8-19)18-9-11-20(27)12-10-18/h5-16H,1-4H3,(H,29,34)/t16-/m0/s1. The number of halogens is 1. The van der Waals surface area contributed by atoms with Gasteiger partial charge in [-0.25, -0.2) is 0 Å². The number of hydrogen-bond donors (Lipinski definition) is 1. The van der Waals surface area contributed by atoms with Crippen LogP contribution in [0.25, 0.3) is 28.1 Å². The first-order valence-electron chi connectivity index (χ1n) is 11.2. The molecular weight excluding hydrogens is 480 g/mol. The van der Waals surface area contributed by atoms with Gasteiger partial charge in [0, 0.05) is 31.7 Å². The van der Waals surface area contributed by atoms with Gasteiger partial charge in [0.15, 0.2) is 0 Å². The number of nitrogens with zero attached hydrogens (tertiary/aromatic N) is 5. The van der Waals surface area contributed by atoms with Gasteiger partial charge in [0.25, 0.3) is 11.5 Å². The normalized spacial score (nSPS) is 11.7. The number of likely N-dealkylation sites (N-methyl/N-ethyl adjacent to an activating group) is 1. The van der Waals surface area contributed by atoms with Crippen LogP contribution in [0, 0.1) is 0 Å². The summed E-state index contributed by atoms with van der Waals surface area (Å²) in [7, 11) is 4.91. The predicted octanol–water partition coefficient (Wildman–Crippen LogP) is 3.16. The quantitative estimate of drug-likeness (QED) is 0.434. The average Bonchev–Trinajstić information content (AvgIpc) is 3.30. The Balaban J connectivity index is 1.76. The second-order valence-corrected chi connectivity index (χ2v) is 8.98. The first-order chi connectivity index (χ1) is 17.1.